The number of fused-ring (bicyclic) bond motifs is 1. The van der Waals surface area contributed by atoms with E-state index in [1.165, 1.54) is 30.0 Å². The fourth-order valence-electron chi connectivity index (χ4n) is 3.32. The van der Waals surface area contributed by atoms with Crippen LogP contribution in [0, 0.1) is 0 Å². The van der Waals surface area contributed by atoms with Crippen molar-refractivity contribution in [2.24, 2.45) is 0 Å². The van der Waals surface area contributed by atoms with Crippen LogP contribution in [0.3, 0.4) is 0 Å². The Labute approximate surface area is 198 Å². The number of halogens is 1. The number of thiazole rings is 1. The van der Waals surface area contributed by atoms with E-state index in [9.17, 15) is 9.59 Å². The molecule has 0 aliphatic carbocycles. The van der Waals surface area contributed by atoms with E-state index in [0.29, 0.717) is 44.2 Å². The average molecular weight is 485 g/mol. The molecule has 6 nitrogen and oxygen atoms in total. The highest BCUT2D eigenvalue weighted by Crippen LogP contribution is 2.32. The Hall–Kier alpha value is -2.68. The summed E-state index contributed by atoms with van der Waals surface area (Å²) in [5, 5.41) is 4.35. The van der Waals surface area contributed by atoms with Crippen LogP contribution in [-0.2, 0) is 17.1 Å². The summed E-state index contributed by atoms with van der Waals surface area (Å²) in [6.45, 7) is 4.14. The molecule has 0 unspecified atom stereocenters. The summed E-state index contributed by atoms with van der Waals surface area (Å²) in [4.78, 5) is 36.2. The van der Waals surface area contributed by atoms with Crippen LogP contribution in [0.25, 0.3) is 10.9 Å². The van der Waals surface area contributed by atoms with Gasteiger partial charge >= 0.3 is 0 Å². The molecule has 4 aromatic rings. The number of thioether (sulfide) groups is 1. The number of rotatable bonds is 7. The third-order valence-corrected chi connectivity index (χ3v) is 6.85. The average Bonchev–Trinajstić information content (AvgIpc) is 3.23. The summed E-state index contributed by atoms with van der Waals surface area (Å²) >= 11 is 8.97. The molecular formula is C23H21ClN4O2S2. The van der Waals surface area contributed by atoms with Crippen molar-refractivity contribution in [2.75, 3.05) is 4.90 Å². The van der Waals surface area contributed by atoms with Crippen molar-refractivity contribution in [3.05, 3.63) is 75.0 Å². The zero-order valence-corrected chi connectivity index (χ0v) is 20.0. The van der Waals surface area contributed by atoms with E-state index in [2.05, 4.69) is 4.98 Å². The molecule has 1 amide bonds. The van der Waals surface area contributed by atoms with E-state index in [-0.39, 0.29) is 11.5 Å². The Kier molecular flexibility index (Phi) is 6.93. The minimum absolute atomic E-state index is 0.0253. The quantitative estimate of drug-likeness (QED) is 0.241. The van der Waals surface area contributed by atoms with Gasteiger partial charge in [0, 0.05) is 29.6 Å². The Morgan fingerprint density at radius 1 is 1.19 bits per heavy atom. The second kappa shape index (κ2) is 9.85. The Bertz CT molecular complexity index is 1340. The molecule has 2 aromatic heterocycles. The van der Waals surface area contributed by atoms with Gasteiger partial charge in [-0.05, 0) is 36.8 Å². The fraction of sp³-hybridized carbons (Fsp3) is 0.217. The van der Waals surface area contributed by atoms with Crippen molar-refractivity contribution in [3.63, 3.8) is 0 Å². The standard InChI is InChI=1S/C23H21ClN4O2S2/c1-3-11-27-21(30)19-9-4-5-10-20(19)26-22(27)31-13-17-14-32-23(25-17)28(15(2)29)18-8-6-7-16(24)12-18/h4-10,12,14H,3,11,13H2,1-2H3. The van der Waals surface area contributed by atoms with E-state index in [4.69, 9.17) is 16.6 Å². The SMILES string of the molecule is CCCn1c(SCc2csc(N(C(C)=O)c3cccc(Cl)c3)n2)nc2ccccc2c1=O. The molecule has 0 bridgehead atoms. The molecule has 0 spiro atoms. The zero-order valence-electron chi connectivity index (χ0n) is 17.6. The largest absolute Gasteiger partial charge is 0.287 e. The first-order valence-electron chi connectivity index (χ1n) is 10.1. The van der Waals surface area contributed by atoms with Crippen molar-refractivity contribution in [2.45, 2.75) is 37.7 Å². The number of para-hydroxylation sites is 1. The molecule has 2 aromatic carbocycles. The Balaban J connectivity index is 1.60. The second-order valence-electron chi connectivity index (χ2n) is 7.11. The van der Waals surface area contributed by atoms with E-state index >= 15 is 0 Å². The normalized spacial score (nSPS) is 11.1. The van der Waals surface area contributed by atoms with Crippen molar-refractivity contribution < 1.29 is 4.79 Å². The first-order valence-corrected chi connectivity index (χ1v) is 12.3. The van der Waals surface area contributed by atoms with Crippen LogP contribution < -0.4 is 10.5 Å². The van der Waals surface area contributed by atoms with Gasteiger partial charge in [-0.3, -0.25) is 19.1 Å². The maximum absolute atomic E-state index is 12.9. The lowest BCUT2D eigenvalue weighted by molar-refractivity contribution is -0.115. The van der Waals surface area contributed by atoms with Gasteiger partial charge in [0.05, 0.1) is 22.3 Å². The zero-order chi connectivity index (χ0) is 22.7. The lowest BCUT2D eigenvalue weighted by Crippen LogP contribution is -2.23. The maximum atomic E-state index is 12.9. The van der Waals surface area contributed by atoms with E-state index in [1.807, 2.05) is 42.6 Å². The monoisotopic (exact) mass is 484 g/mol. The number of amides is 1. The molecule has 0 atom stereocenters. The Morgan fingerprint density at radius 3 is 2.75 bits per heavy atom. The van der Waals surface area contributed by atoms with Gasteiger partial charge < -0.3 is 0 Å². The van der Waals surface area contributed by atoms with Gasteiger partial charge in [0.2, 0.25) is 5.91 Å². The molecule has 0 N–H and O–H groups in total. The summed E-state index contributed by atoms with van der Waals surface area (Å²) in [7, 11) is 0. The highest BCUT2D eigenvalue weighted by Gasteiger charge is 2.19. The molecule has 0 aliphatic heterocycles. The summed E-state index contributed by atoms with van der Waals surface area (Å²) in [5.41, 5.74) is 2.15. The number of hydrogen-bond donors (Lipinski definition) is 0. The van der Waals surface area contributed by atoms with Crippen LogP contribution in [0.5, 0.6) is 0 Å². The topological polar surface area (TPSA) is 68.1 Å². The van der Waals surface area contributed by atoms with Gasteiger partial charge in [-0.2, -0.15) is 0 Å². The highest BCUT2D eigenvalue weighted by molar-refractivity contribution is 7.98. The summed E-state index contributed by atoms with van der Waals surface area (Å²) < 4.78 is 1.73. The number of carbonyl (C=O) groups is 1. The predicted octanol–water partition coefficient (Wildman–Crippen LogP) is 5.89. The summed E-state index contributed by atoms with van der Waals surface area (Å²) in [6, 6.07) is 14.5. The minimum Gasteiger partial charge on any atom is -0.287 e. The van der Waals surface area contributed by atoms with E-state index in [1.54, 1.807) is 27.7 Å². The molecule has 0 saturated carbocycles. The minimum atomic E-state index is -0.145. The number of benzene rings is 2. The van der Waals surface area contributed by atoms with Gasteiger partial charge in [-0.15, -0.1) is 11.3 Å². The molecule has 0 radical (unpaired) electrons. The van der Waals surface area contributed by atoms with Gasteiger partial charge in [0.15, 0.2) is 10.3 Å². The molecule has 0 saturated heterocycles. The highest BCUT2D eigenvalue weighted by atomic mass is 35.5. The van der Waals surface area contributed by atoms with Crippen LogP contribution in [0.1, 0.15) is 26.0 Å². The number of carbonyl (C=O) groups excluding carboxylic acids is 1. The second-order valence-corrected chi connectivity index (χ2v) is 9.33. The fourth-order valence-corrected chi connectivity index (χ4v) is 5.42. The maximum Gasteiger partial charge on any atom is 0.262 e. The predicted molar refractivity (Wildman–Crippen MR) is 132 cm³/mol. The smallest absolute Gasteiger partial charge is 0.262 e. The molecule has 0 fully saturated rings. The van der Waals surface area contributed by atoms with Crippen molar-refractivity contribution in [1.29, 1.82) is 0 Å². The van der Waals surface area contributed by atoms with Crippen LogP contribution >= 0.6 is 34.7 Å². The number of nitrogens with zero attached hydrogens (tertiary/aromatic N) is 4. The lowest BCUT2D eigenvalue weighted by atomic mass is 10.2. The molecule has 164 valence electrons. The molecule has 4 rings (SSSR count). The van der Waals surface area contributed by atoms with Crippen LogP contribution in [-0.4, -0.2) is 20.4 Å². The first kappa shape index (κ1) is 22.5. The van der Waals surface area contributed by atoms with Crippen molar-refractivity contribution in [3.8, 4) is 0 Å². The van der Waals surface area contributed by atoms with Crippen LogP contribution in [0.2, 0.25) is 5.02 Å². The third kappa shape index (κ3) is 4.72. The van der Waals surface area contributed by atoms with Gasteiger partial charge in [0.25, 0.3) is 5.56 Å². The van der Waals surface area contributed by atoms with Gasteiger partial charge in [0.1, 0.15) is 0 Å². The van der Waals surface area contributed by atoms with Crippen LogP contribution in [0.4, 0.5) is 10.8 Å². The lowest BCUT2D eigenvalue weighted by Gasteiger charge is -2.18. The Morgan fingerprint density at radius 2 is 2.00 bits per heavy atom. The van der Waals surface area contributed by atoms with E-state index in [0.717, 1.165) is 12.1 Å². The first-order chi connectivity index (χ1) is 15.5. The molecule has 32 heavy (non-hydrogen) atoms. The molecule has 0 aliphatic rings. The van der Waals surface area contributed by atoms with E-state index < -0.39 is 0 Å². The number of anilines is 2. The molecule has 9 heteroatoms. The van der Waals surface area contributed by atoms with Crippen molar-refractivity contribution in [1.82, 2.24) is 14.5 Å². The molecular weight excluding hydrogens is 464 g/mol. The van der Waals surface area contributed by atoms with Crippen molar-refractivity contribution >= 4 is 62.3 Å². The van der Waals surface area contributed by atoms with Gasteiger partial charge in [-0.1, -0.05) is 48.5 Å². The number of aromatic nitrogens is 3. The number of hydrogen-bond acceptors (Lipinski definition) is 6. The van der Waals surface area contributed by atoms with Gasteiger partial charge in [-0.25, -0.2) is 9.97 Å². The molecule has 2 heterocycles. The third-order valence-electron chi connectivity index (χ3n) is 4.74. The summed E-state index contributed by atoms with van der Waals surface area (Å²) in [6.07, 6.45) is 0.835. The van der Waals surface area contributed by atoms with Crippen LogP contribution in [0.15, 0.2) is 63.9 Å². The summed E-state index contributed by atoms with van der Waals surface area (Å²) in [5.74, 6) is 0.389.